The number of benzene rings is 2. The zero-order chi connectivity index (χ0) is 23.6. The first-order chi connectivity index (χ1) is 14.1. The van der Waals surface area contributed by atoms with Crippen molar-refractivity contribution in [1.29, 1.82) is 0 Å². The van der Waals surface area contributed by atoms with Crippen molar-refractivity contribution < 1.29 is 19.7 Å². The lowest BCUT2D eigenvalue weighted by Crippen LogP contribution is -2.37. The van der Waals surface area contributed by atoms with Gasteiger partial charge in [-0.2, -0.15) is 0 Å². The van der Waals surface area contributed by atoms with Gasteiger partial charge in [0, 0.05) is 0 Å². The maximum absolute atomic E-state index is 11.2. The van der Waals surface area contributed by atoms with E-state index in [0.29, 0.717) is 11.5 Å². The minimum Gasteiger partial charge on any atom is -0.507 e. The van der Waals surface area contributed by atoms with E-state index in [1.54, 1.807) is 13.8 Å². The summed E-state index contributed by atoms with van der Waals surface area (Å²) in [5.74, 6) is -0.0160. The van der Waals surface area contributed by atoms with Crippen LogP contribution in [0.2, 0.25) is 0 Å². The molecule has 0 aliphatic carbocycles. The Hall–Kier alpha value is -2.49. The predicted octanol–water partition coefficient (Wildman–Crippen LogP) is 6.40. The Morgan fingerprint density at radius 1 is 0.806 bits per heavy atom. The van der Waals surface area contributed by atoms with Gasteiger partial charge in [-0.15, -0.1) is 0 Å². The summed E-state index contributed by atoms with van der Waals surface area (Å²) in [5.41, 5.74) is 2.92. The van der Waals surface area contributed by atoms with E-state index in [-0.39, 0.29) is 10.8 Å². The quantitative estimate of drug-likeness (QED) is 0.537. The molecule has 0 radical (unpaired) electrons. The molecule has 0 saturated heterocycles. The molecule has 0 heterocycles. The molecule has 4 heteroatoms. The van der Waals surface area contributed by atoms with Gasteiger partial charge in [0.2, 0.25) is 0 Å². The van der Waals surface area contributed by atoms with Crippen molar-refractivity contribution in [2.75, 3.05) is 0 Å². The first-order valence-corrected chi connectivity index (χ1v) is 11.0. The van der Waals surface area contributed by atoms with Crippen molar-refractivity contribution in [3.63, 3.8) is 0 Å². The highest BCUT2D eigenvalue weighted by Gasteiger charge is 2.29. The summed E-state index contributed by atoms with van der Waals surface area (Å²) in [6.07, 6.45) is 2.83. The van der Waals surface area contributed by atoms with Gasteiger partial charge in [-0.05, 0) is 78.3 Å². The van der Waals surface area contributed by atoms with E-state index in [9.17, 15) is 15.0 Å². The van der Waals surface area contributed by atoms with Crippen LogP contribution >= 0.6 is 0 Å². The van der Waals surface area contributed by atoms with Gasteiger partial charge in [-0.1, -0.05) is 65.8 Å². The molecule has 2 aromatic rings. The average Bonchev–Trinajstić information content (AvgIpc) is 2.62. The smallest absolute Gasteiger partial charge is 0.347 e. The third-order valence-corrected chi connectivity index (χ3v) is 5.53. The molecular formula is C27H38O4. The second-order valence-electron chi connectivity index (χ2n) is 11.0. The molecule has 4 nitrogen and oxygen atoms in total. The van der Waals surface area contributed by atoms with Crippen LogP contribution in [0.15, 0.2) is 36.4 Å². The normalized spacial score (nSPS) is 12.6. The van der Waals surface area contributed by atoms with Crippen LogP contribution in [-0.4, -0.2) is 21.8 Å². The molecule has 0 atom stereocenters. The number of aryl methyl sites for hydroxylation is 2. The van der Waals surface area contributed by atoms with Gasteiger partial charge >= 0.3 is 5.97 Å². The summed E-state index contributed by atoms with van der Waals surface area (Å²) < 4.78 is 5.57. The lowest BCUT2D eigenvalue weighted by molar-refractivity contribution is -0.152. The van der Waals surface area contributed by atoms with E-state index in [4.69, 9.17) is 4.74 Å². The number of carbonyl (C=O) groups is 1. The Bertz CT molecular complexity index is 875. The van der Waals surface area contributed by atoms with Crippen LogP contribution in [0.5, 0.6) is 11.5 Å². The van der Waals surface area contributed by atoms with E-state index in [1.165, 1.54) is 11.1 Å². The summed E-state index contributed by atoms with van der Waals surface area (Å²) in [5, 5.41) is 20.1. The van der Waals surface area contributed by atoms with Crippen molar-refractivity contribution >= 4 is 5.97 Å². The van der Waals surface area contributed by atoms with Crippen molar-refractivity contribution in [1.82, 2.24) is 0 Å². The molecule has 0 bridgehead atoms. The fourth-order valence-electron chi connectivity index (χ4n) is 3.54. The van der Waals surface area contributed by atoms with Gasteiger partial charge < -0.3 is 14.9 Å². The summed E-state index contributed by atoms with van der Waals surface area (Å²) in [6, 6.07) is 11.9. The molecule has 0 aliphatic rings. The van der Waals surface area contributed by atoms with Crippen molar-refractivity contribution in [3.8, 4) is 11.5 Å². The minimum atomic E-state index is -1.25. The molecule has 0 unspecified atom stereocenters. The number of aromatic hydroxyl groups is 1. The third kappa shape index (κ3) is 6.49. The number of carboxylic acids is 1. The monoisotopic (exact) mass is 426 g/mol. The molecule has 31 heavy (non-hydrogen) atoms. The van der Waals surface area contributed by atoms with Crippen LogP contribution in [0.4, 0.5) is 0 Å². The number of carboxylic acid groups (broad SMARTS) is 1. The largest absolute Gasteiger partial charge is 0.507 e. The summed E-state index contributed by atoms with van der Waals surface area (Å²) in [6.45, 7) is 15.9. The van der Waals surface area contributed by atoms with E-state index in [1.807, 2.05) is 24.3 Å². The average molecular weight is 427 g/mol. The number of ether oxygens (including phenoxy) is 1. The number of hydrogen-bond acceptors (Lipinski definition) is 3. The molecule has 0 amide bonds. The molecule has 2 rings (SSSR count). The van der Waals surface area contributed by atoms with Crippen LogP contribution < -0.4 is 4.74 Å². The topological polar surface area (TPSA) is 66.8 Å². The number of aliphatic carboxylic acids is 1. The first-order valence-electron chi connectivity index (χ1n) is 11.0. The van der Waals surface area contributed by atoms with Gasteiger partial charge in [0.1, 0.15) is 11.5 Å². The van der Waals surface area contributed by atoms with E-state index in [2.05, 4.69) is 53.7 Å². The zero-order valence-electron chi connectivity index (χ0n) is 20.3. The molecule has 0 aromatic heterocycles. The van der Waals surface area contributed by atoms with Gasteiger partial charge in [0.15, 0.2) is 5.60 Å². The third-order valence-electron chi connectivity index (χ3n) is 5.53. The summed E-state index contributed by atoms with van der Waals surface area (Å²) >= 11 is 0. The maximum atomic E-state index is 11.2. The van der Waals surface area contributed by atoms with Crippen LogP contribution in [0.1, 0.15) is 84.1 Å². The Balaban J connectivity index is 2.11. The Kier molecular flexibility index (Phi) is 7.14. The van der Waals surface area contributed by atoms with Crippen molar-refractivity contribution in [3.05, 3.63) is 58.7 Å². The Morgan fingerprint density at radius 2 is 1.26 bits per heavy atom. The van der Waals surface area contributed by atoms with E-state index >= 15 is 0 Å². The van der Waals surface area contributed by atoms with Gasteiger partial charge in [0.25, 0.3) is 0 Å². The standard InChI is InChI=1S/C27H38O4/c1-25(2,3)21-16-19(17-22(23(21)28)26(4,5)6)11-9-10-18-12-14-20(15-13-18)31-27(7,8)24(29)30/h12-17,28H,9-11H2,1-8H3,(H,29,30). The lowest BCUT2D eigenvalue weighted by Gasteiger charge is -2.28. The first kappa shape index (κ1) is 24.8. The fraction of sp³-hybridized carbons (Fsp3) is 0.519. The Labute approximate surface area is 187 Å². The summed E-state index contributed by atoms with van der Waals surface area (Å²) in [4.78, 5) is 11.2. The van der Waals surface area contributed by atoms with Crippen LogP contribution in [0.25, 0.3) is 0 Å². The maximum Gasteiger partial charge on any atom is 0.347 e. The predicted molar refractivity (Wildman–Crippen MR) is 126 cm³/mol. The van der Waals surface area contributed by atoms with E-state index in [0.717, 1.165) is 30.4 Å². The highest BCUT2D eigenvalue weighted by atomic mass is 16.5. The molecular weight excluding hydrogens is 388 g/mol. The molecule has 2 N–H and O–H groups in total. The molecule has 2 aromatic carbocycles. The van der Waals surface area contributed by atoms with Crippen LogP contribution in [-0.2, 0) is 28.5 Å². The van der Waals surface area contributed by atoms with Crippen LogP contribution in [0, 0.1) is 0 Å². The Morgan fingerprint density at radius 3 is 1.68 bits per heavy atom. The lowest BCUT2D eigenvalue weighted by atomic mass is 9.78. The molecule has 0 aliphatic heterocycles. The van der Waals surface area contributed by atoms with Crippen molar-refractivity contribution in [2.45, 2.75) is 91.1 Å². The summed E-state index contributed by atoms with van der Waals surface area (Å²) in [7, 11) is 0. The van der Waals surface area contributed by atoms with E-state index < -0.39 is 11.6 Å². The molecule has 170 valence electrons. The highest BCUT2D eigenvalue weighted by Crippen LogP contribution is 2.40. The molecule has 0 fully saturated rings. The van der Waals surface area contributed by atoms with Gasteiger partial charge in [0.05, 0.1) is 0 Å². The minimum absolute atomic E-state index is 0.125. The number of rotatable bonds is 7. The molecule has 0 spiro atoms. The van der Waals surface area contributed by atoms with Crippen molar-refractivity contribution in [2.24, 2.45) is 0 Å². The van der Waals surface area contributed by atoms with Crippen LogP contribution in [0.3, 0.4) is 0 Å². The zero-order valence-corrected chi connectivity index (χ0v) is 20.3. The van der Waals surface area contributed by atoms with Gasteiger partial charge in [-0.3, -0.25) is 0 Å². The number of hydrogen-bond donors (Lipinski definition) is 2. The SMILES string of the molecule is CC(C)(Oc1ccc(CCCc2cc(C(C)(C)C)c(O)c(C(C)(C)C)c2)cc1)C(=O)O. The number of phenolic OH excluding ortho intramolecular Hbond substituents is 1. The highest BCUT2D eigenvalue weighted by molar-refractivity contribution is 5.76. The van der Waals surface area contributed by atoms with Gasteiger partial charge in [-0.25, -0.2) is 4.79 Å². The molecule has 0 saturated carbocycles. The fourth-order valence-corrected chi connectivity index (χ4v) is 3.54. The second-order valence-corrected chi connectivity index (χ2v) is 11.0. The number of phenols is 1. The second kappa shape index (κ2) is 8.94.